The van der Waals surface area contributed by atoms with E-state index < -0.39 is 0 Å². The molecule has 6 rings (SSSR count). The van der Waals surface area contributed by atoms with Crippen molar-refractivity contribution in [2.75, 3.05) is 0 Å². The quantitative estimate of drug-likeness (QED) is 0.193. The number of hydrogen-bond donors (Lipinski definition) is 0. The van der Waals surface area contributed by atoms with Crippen LogP contribution >= 0.6 is 0 Å². The van der Waals surface area contributed by atoms with Gasteiger partial charge < -0.3 is 8.83 Å². The van der Waals surface area contributed by atoms with Crippen molar-refractivity contribution in [2.45, 2.75) is 78.6 Å². The molecule has 6 aromatic rings. The van der Waals surface area contributed by atoms with E-state index in [0.29, 0.717) is 23.6 Å². The molecular formula is C40H42N4O2. The molecule has 0 fully saturated rings. The van der Waals surface area contributed by atoms with Crippen LogP contribution in [0.25, 0.3) is 56.9 Å². The Hall–Kier alpha value is -4.84. The Balaban J connectivity index is 1.39. The van der Waals surface area contributed by atoms with Crippen LogP contribution in [0.1, 0.15) is 79.0 Å². The van der Waals surface area contributed by atoms with E-state index >= 15 is 0 Å². The van der Waals surface area contributed by atoms with Gasteiger partial charge in [-0.1, -0.05) is 111 Å². The van der Waals surface area contributed by atoms with Crippen molar-refractivity contribution in [3.63, 3.8) is 0 Å². The number of rotatable bonds is 5. The van der Waals surface area contributed by atoms with Crippen molar-refractivity contribution in [1.82, 2.24) is 20.4 Å². The second-order valence-electron chi connectivity index (χ2n) is 15.1. The highest BCUT2D eigenvalue weighted by atomic mass is 16.4. The second-order valence-corrected chi connectivity index (χ2v) is 15.1. The van der Waals surface area contributed by atoms with Gasteiger partial charge >= 0.3 is 0 Å². The lowest BCUT2D eigenvalue weighted by atomic mass is 9.86. The van der Waals surface area contributed by atoms with Crippen LogP contribution in [0.3, 0.4) is 0 Å². The molecule has 4 aromatic carbocycles. The van der Waals surface area contributed by atoms with Crippen LogP contribution in [-0.2, 0) is 16.2 Å². The largest absolute Gasteiger partial charge is 0.416 e. The zero-order chi connectivity index (χ0) is 32.9. The van der Waals surface area contributed by atoms with E-state index in [9.17, 15) is 0 Å². The molecule has 0 spiro atoms. The van der Waals surface area contributed by atoms with Crippen molar-refractivity contribution in [3.8, 4) is 56.9 Å². The molecule has 0 unspecified atom stereocenters. The van der Waals surface area contributed by atoms with Crippen LogP contribution < -0.4 is 0 Å². The maximum atomic E-state index is 6.25. The predicted molar refractivity (Wildman–Crippen MR) is 185 cm³/mol. The third kappa shape index (κ3) is 6.57. The summed E-state index contributed by atoms with van der Waals surface area (Å²) < 4.78 is 12.5. The number of nitrogens with zero attached hydrogens (tertiary/aromatic N) is 4. The number of benzene rings is 4. The van der Waals surface area contributed by atoms with E-state index in [0.717, 1.165) is 33.4 Å². The summed E-state index contributed by atoms with van der Waals surface area (Å²) in [6.07, 6.45) is 0. The third-order valence-electron chi connectivity index (χ3n) is 8.36. The van der Waals surface area contributed by atoms with Crippen molar-refractivity contribution in [3.05, 3.63) is 108 Å². The highest BCUT2D eigenvalue weighted by Crippen LogP contribution is 2.36. The number of hydrogen-bond acceptors (Lipinski definition) is 6. The second kappa shape index (κ2) is 11.5. The SMILES string of the molecule is CC(C)(C)c1ccc(-c2cc(-c3nnc(-c4ccc(C(C)(C)C)cc4)o3)cc(-c3nnc(-c4ccc(C(C)(C)C)cc4)o3)c2)cc1. The molecule has 2 aromatic heterocycles. The lowest BCUT2D eigenvalue weighted by Crippen LogP contribution is -2.10. The third-order valence-corrected chi connectivity index (χ3v) is 8.36. The monoisotopic (exact) mass is 610 g/mol. The maximum Gasteiger partial charge on any atom is 0.248 e. The van der Waals surface area contributed by atoms with Crippen molar-refractivity contribution in [2.24, 2.45) is 0 Å². The molecule has 0 aliphatic heterocycles. The number of aromatic nitrogens is 4. The molecule has 0 saturated heterocycles. The summed E-state index contributed by atoms with van der Waals surface area (Å²) in [5.41, 5.74) is 9.27. The predicted octanol–water partition coefficient (Wildman–Crippen LogP) is 10.7. The van der Waals surface area contributed by atoms with Crippen molar-refractivity contribution < 1.29 is 8.83 Å². The molecule has 0 radical (unpaired) electrons. The van der Waals surface area contributed by atoms with Gasteiger partial charge in [0.15, 0.2) is 0 Å². The maximum absolute atomic E-state index is 6.25. The summed E-state index contributed by atoms with van der Waals surface area (Å²) in [6, 6.07) is 31.3. The fraction of sp³-hybridized carbons (Fsp3) is 0.300. The molecule has 2 heterocycles. The Morgan fingerprint density at radius 1 is 0.326 bits per heavy atom. The van der Waals surface area contributed by atoms with E-state index in [-0.39, 0.29) is 16.2 Å². The minimum Gasteiger partial charge on any atom is -0.416 e. The first kappa shape index (κ1) is 31.2. The zero-order valence-corrected chi connectivity index (χ0v) is 28.3. The molecule has 0 N–H and O–H groups in total. The molecule has 0 bridgehead atoms. The smallest absolute Gasteiger partial charge is 0.248 e. The highest BCUT2D eigenvalue weighted by molar-refractivity contribution is 5.77. The van der Waals surface area contributed by atoms with Crippen LogP contribution in [-0.4, -0.2) is 20.4 Å². The van der Waals surface area contributed by atoms with E-state index in [1.54, 1.807) is 0 Å². The normalized spacial score (nSPS) is 12.5. The molecule has 46 heavy (non-hydrogen) atoms. The van der Waals surface area contributed by atoms with Crippen molar-refractivity contribution in [1.29, 1.82) is 0 Å². The molecule has 0 aliphatic rings. The van der Waals surface area contributed by atoms with Crippen LogP contribution in [0.15, 0.2) is 99.8 Å². The minimum atomic E-state index is 0.0576. The van der Waals surface area contributed by atoms with E-state index in [1.165, 1.54) is 16.7 Å². The van der Waals surface area contributed by atoms with Gasteiger partial charge in [0.05, 0.1) is 0 Å². The molecule has 0 aliphatic carbocycles. The Bertz CT molecular complexity index is 1850. The van der Waals surface area contributed by atoms with E-state index in [2.05, 4.69) is 143 Å². The van der Waals surface area contributed by atoms with Crippen molar-refractivity contribution >= 4 is 0 Å². The van der Waals surface area contributed by atoms with Gasteiger partial charge in [-0.25, -0.2) is 0 Å². The average molecular weight is 611 g/mol. The summed E-state index contributed by atoms with van der Waals surface area (Å²) in [7, 11) is 0. The van der Waals surface area contributed by atoms with Gasteiger partial charge in [0, 0.05) is 22.3 Å². The summed E-state index contributed by atoms with van der Waals surface area (Å²) in [5, 5.41) is 17.7. The topological polar surface area (TPSA) is 77.8 Å². The van der Waals surface area contributed by atoms with Gasteiger partial charge in [0.25, 0.3) is 0 Å². The molecule has 0 atom stereocenters. The van der Waals surface area contributed by atoms with Crippen LogP contribution in [0, 0.1) is 0 Å². The van der Waals surface area contributed by atoms with Gasteiger partial charge in [-0.15, -0.1) is 20.4 Å². The minimum absolute atomic E-state index is 0.0576. The average Bonchev–Trinajstić information content (AvgIpc) is 3.71. The Kier molecular flexibility index (Phi) is 7.79. The van der Waals surface area contributed by atoms with E-state index in [1.807, 2.05) is 30.3 Å². The highest BCUT2D eigenvalue weighted by Gasteiger charge is 2.20. The summed E-state index contributed by atoms with van der Waals surface area (Å²) in [5.74, 6) is 1.77. The van der Waals surface area contributed by atoms with Crippen LogP contribution in [0.2, 0.25) is 0 Å². The molecule has 6 heteroatoms. The van der Waals surface area contributed by atoms with Gasteiger partial charge in [0.1, 0.15) is 0 Å². The molecule has 0 saturated carbocycles. The first-order valence-electron chi connectivity index (χ1n) is 15.8. The first-order valence-corrected chi connectivity index (χ1v) is 15.8. The van der Waals surface area contributed by atoms with E-state index in [4.69, 9.17) is 8.83 Å². The Morgan fingerprint density at radius 3 is 0.891 bits per heavy atom. The van der Waals surface area contributed by atoms with Gasteiger partial charge in [-0.05, 0) is 86.5 Å². The fourth-order valence-corrected chi connectivity index (χ4v) is 5.34. The van der Waals surface area contributed by atoms with Gasteiger partial charge in [-0.3, -0.25) is 0 Å². The van der Waals surface area contributed by atoms with Crippen LogP contribution in [0.4, 0.5) is 0 Å². The summed E-state index contributed by atoms with van der Waals surface area (Å²) in [6.45, 7) is 19.8. The van der Waals surface area contributed by atoms with Crippen LogP contribution in [0.5, 0.6) is 0 Å². The molecule has 0 amide bonds. The lowest BCUT2D eigenvalue weighted by Gasteiger charge is -2.19. The molecular weight excluding hydrogens is 568 g/mol. The van der Waals surface area contributed by atoms with Gasteiger partial charge in [0.2, 0.25) is 23.6 Å². The Labute approximate surface area is 272 Å². The standard InChI is InChI=1S/C40H42N4O2/c1-38(2,3)31-16-10-25(11-17-31)28-22-29(36-43-41-34(45-36)26-12-18-32(19-13-26)39(4,5)6)24-30(23-28)37-44-42-35(46-37)27-14-20-33(21-15-27)40(7,8)9/h10-24H,1-9H3. The lowest BCUT2D eigenvalue weighted by molar-refractivity contribution is 0.580. The molecule has 6 nitrogen and oxygen atoms in total. The summed E-state index contributed by atoms with van der Waals surface area (Å²) in [4.78, 5) is 0. The molecule has 234 valence electrons. The zero-order valence-electron chi connectivity index (χ0n) is 28.3. The fourth-order valence-electron chi connectivity index (χ4n) is 5.34. The Morgan fingerprint density at radius 2 is 0.587 bits per heavy atom. The summed E-state index contributed by atoms with van der Waals surface area (Å²) >= 11 is 0. The first-order chi connectivity index (χ1) is 21.6. The van der Waals surface area contributed by atoms with Gasteiger partial charge in [-0.2, -0.15) is 0 Å².